The van der Waals surface area contributed by atoms with Crippen molar-refractivity contribution < 1.29 is 43.8 Å². The number of aromatic amines is 1. The van der Waals surface area contributed by atoms with Crippen molar-refractivity contribution in [2.24, 2.45) is 23.3 Å². The molecule has 0 bridgehead atoms. The molecule has 0 aliphatic rings. The molecule has 0 radical (unpaired) electrons. The lowest BCUT2D eigenvalue weighted by atomic mass is 9.99. The number of unbranched alkanes of at least 4 members (excludes halogenated alkanes) is 1. The number of rotatable bonds is 22. The Hall–Kier alpha value is -4.58. The molecule has 18 nitrogen and oxygen atoms in total. The molecule has 1 aromatic rings. The highest BCUT2D eigenvalue weighted by molar-refractivity contribution is 5.96. The van der Waals surface area contributed by atoms with Crippen LogP contribution in [0.15, 0.2) is 12.5 Å². The Bertz CT molecular complexity index is 1240. The van der Waals surface area contributed by atoms with Crippen molar-refractivity contribution in [2.75, 3.05) is 6.54 Å². The van der Waals surface area contributed by atoms with E-state index in [1.807, 2.05) is 0 Å². The highest BCUT2D eigenvalue weighted by atomic mass is 16.4. The number of carboxylic acids is 2. The largest absolute Gasteiger partial charge is 0.481 e. The fourth-order valence-corrected chi connectivity index (χ4v) is 4.50. The standard InChI is InChI=1S/C30H51N9O9/c1-15(2)23(28(45)36-20(30(47)48)9-10-22(40)41)39-29(46)24(16(3)4)38-25(42)17(5)35-27(44)21(12-18-13-33-14-34-18)37-26(43)19(32)8-6-7-11-31/h13-17,19-21,23-24H,6-12,31-32H2,1-5H3,(H,33,34)(H,35,44)(H,36,45)(H,37,43)(H,38,42)(H,39,46)(H,40,41)(H,47,48)/t17-,19-,20-,21-,23-,24-/m0/s1. The van der Waals surface area contributed by atoms with Crippen LogP contribution < -0.4 is 38.1 Å². The van der Waals surface area contributed by atoms with E-state index in [1.165, 1.54) is 19.4 Å². The number of nitrogens with zero attached hydrogens (tertiary/aromatic N) is 1. The van der Waals surface area contributed by atoms with Crippen molar-refractivity contribution in [3.8, 4) is 0 Å². The average Bonchev–Trinajstić information content (AvgIpc) is 3.52. The van der Waals surface area contributed by atoms with E-state index in [4.69, 9.17) is 16.6 Å². The molecule has 1 aromatic heterocycles. The summed E-state index contributed by atoms with van der Waals surface area (Å²) in [5, 5.41) is 30.9. The molecule has 1 rings (SSSR count). The van der Waals surface area contributed by atoms with Crippen LogP contribution in [0.2, 0.25) is 0 Å². The highest BCUT2D eigenvalue weighted by Gasteiger charge is 2.34. The van der Waals surface area contributed by atoms with Gasteiger partial charge in [0.1, 0.15) is 30.2 Å². The van der Waals surface area contributed by atoms with Gasteiger partial charge in [-0.05, 0) is 44.6 Å². The van der Waals surface area contributed by atoms with Gasteiger partial charge in [0.05, 0.1) is 12.4 Å². The minimum atomic E-state index is -1.49. The monoisotopic (exact) mass is 681 g/mol. The SMILES string of the molecule is CC(C)[C@H](NC(=O)[C@H](C)NC(=O)[C@H](Cc1cnc[nH]1)NC(=O)[C@@H](N)CCCCN)C(=O)N[C@H](C(=O)N[C@@H](CCC(=O)O)C(=O)O)C(C)C. The molecule has 0 aliphatic heterocycles. The first-order chi connectivity index (χ1) is 22.5. The predicted molar refractivity (Wildman–Crippen MR) is 173 cm³/mol. The van der Waals surface area contributed by atoms with Crippen LogP contribution in [0.4, 0.5) is 0 Å². The van der Waals surface area contributed by atoms with Crippen LogP contribution in [0.25, 0.3) is 0 Å². The molecule has 0 saturated carbocycles. The van der Waals surface area contributed by atoms with Gasteiger partial charge >= 0.3 is 11.9 Å². The van der Waals surface area contributed by atoms with Crippen LogP contribution in [0.1, 0.15) is 72.4 Å². The van der Waals surface area contributed by atoms with Crippen LogP contribution in [0, 0.1) is 11.8 Å². The maximum absolute atomic E-state index is 13.3. The van der Waals surface area contributed by atoms with Crippen molar-refractivity contribution in [3.05, 3.63) is 18.2 Å². The smallest absolute Gasteiger partial charge is 0.326 e. The maximum Gasteiger partial charge on any atom is 0.326 e. The van der Waals surface area contributed by atoms with Crippen LogP contribution in [-0.4, -0.2) is 104 Å². The van der Waals surface area contributed by atoms with Crippen LogP contribution in [0.5, 0.6) is 0 Å². The van der Waals surface area contributed by atoms with Crippen molar-refractivity contribution in [2.45, 2.75) is 109 Å². The summed E-state index contributed by atoms with van der Waals surface area (Å²) in [6, 6.07) is -7.04. The molecule has 1 heterocycles. The maximum atomic E-state index is 13.3. The van der Waals surface area contributed by atoms with Crippen LogP contribution in [-0.2, 0) is 40.0 Å². The summed E-state index contributed by atoms with van der Waals surface area (Å²) >= 11 is 0. The second-order valence-corrected chi connectivity index (χ2v) is 12.3. The summed E-state index contributed by atoms with van der Waals surface area (Å²) in [7, 11) is 0. The normalized spacial score (nSPS) is 14.9. The lowest BCUT2D eigenvalue weighted by molar-refractivity contribution is -0.143. The van der Waals surface area contributed by atoms with E-state index >= 15 is 0 Å². The van der Waals surface area contributed by atoms with Crippen molar-refractivity contribution in [1.82, 2.24) is 36.6 Å². The van der Waals surface area contributed by atoms with E-state index in [1.54, 1.807) is 27.7 Å². The van der Waals surface area contributed by atoms with Crippen LogP contribution >= 0.6 is 0 Å². The third-order valence-electron chi connectivity index (χ3n) is 7.43. The predicted octanol–water partition coefficient (Wildman–Crippen LogP) is -1.89. The lowest BCUT2D eigenvalue weighted by Crippen LogP contribution is -2.60. The van der Waals surface area contributed by atoms with Crippen molar-refractivity contribution in [1.29, 1.82) is 0 Å². The first-order valence-electron chi connectivity index (χ1n) is 15.9. The number of imidazole rings is 1. The van der Waals surface area contributed by atoms with E-state index in [-0.39, 0.29) is 12.8 Å². The Morgan fingerprint density at radius 2 is 1.31 bits per heavy atom. The molecular weight excluding hydrogens is 630 g/mol. The fourth-order valence-electron chi connectivity index (χ4n) is 4.50. The number of H-pyrrole nitrogens is 1. The van der Waals surface area contributed by atoms with Crippen LogP contribution in [0.3, 0.4) is 0 Å². The lowest BCUT2D eigenvalue weighted by Gasteiger charge is -2.29. The van der Waals surface area contributed by atoms with E-state index < -0.39 is 96.0 Å². The van der Waals surface area contributed by atoms with Gasteiger partial charge in [0.2, 0.25) is 29.5 Å². The first kappa shape index (κ1) is 41.4. The second kappa shape index (κ2) is 20.6. The van der Waals surface area contributed by atoms with E-state index in [0.717, 1.165) is 0 Å². The fraction of sp³-hybridized carbons (Fsp3) is 0.667. The summed E-state index contributed by atoms with van der Waals surface area (Å²) in [4.78, 5) is 94.7. The molecule has 12 N–H and O–H groups in total. The number of carbonyl (C=O) groups is 7. The van der Waals surface area contributed by atoms with E-state index in [0.29, 0.717) is 31.5 Å². The van der Waals surface area contributed by atoms with Crippen molar-refractivity contribution in [3.63, 3.8) is 0 Å². The number of aromatic nitrogens is 2. The minimum absolute atomic E-state index is 0.0240. The van der Waals surface area contributed by atoms with Gasteiger partial charge in [0.25, 0.3) is 0 Å². The number of nitrogens with one attached hydrogen (secondary N) is 6. The number of nitrogens with two attached hydrogens (primary N) is 2. The van der Waals surface area contributed by atoms with Gasteiger partial charge in [-0.1, -0.05) is 34.1 Å². The third-order valence-corrected chi connectivity index (χ3v) is 7.43. The molecule has 5 amide bonds. The van der Waals surface area contributed by atoms with Gasteiger partial charge in [0.15, 0.2) is 0 Å². The van der Waals surface area contributed by atoms with Gasteiger partial charge in [-0.25, -0.2) is 9.78 Å². The number of amides is 5. The second-order valence-electron chi connectivity index (χ2n) is 12.3. The zero-order valence-corrected chi connectivity index (χ0v) is 28.1. The molecular formula is C30H51N9O9. The first-order valence-corrected chi connectivity index (χ1v) is 15.9. The average molecular weight is 682 g/mol. The number of carbonyl (C=O) groups excluding carboxylic acids is 5. The Labute approximate surface area is 279 Å². The highest BCUT2D eigenvalue weighted by Crippen LogP contribution is 2.09. The summed E-state index contributed by atoms with van der Waals surface area (Å²) in [5.41, 5.74) is 12.0. The molecule has 6 atom stereocenters. The topological polar surface area (TPSA) is 301 Å². The Morgan fingerprint density at radius 1 is 0.750 bits per heavy atom. The minimum Gasteiger partial charge on any atom is -0.481 e. The zero-order chi connectivity index (χ0) is 36.6. The number of hydrogen-bond donors (Lipinski definition) is 10. The molecule has 48 heavy (non-hydrogen) atoms. The molecule has 270 valence electrons. The molecule has 0 spiro atoms. The molecule has 0 unspecified atom stereocenters. The van der Waals surface area contributed by atoms with Gasteiger partial charge in [0, 0.05) is 24.7 Å². The summed E-state index contributed by atoms with van der Waals surface area (Å²) in [6.45, 7) is 8.38. The Kier molecular flexibility index (Phi) is 17.8. The Morgan fingerprint density at radius 3 is 1.81 bits per heavy atom. The van der Waals surface area contributed by atoms with Gasteiger partial charge in [-0.2, -0.15) is 0 Å². The van der Waals surface area contributed by atoms with E-state index in [9.17, 15) is 38.7 Å². The summed E-state index contributed by atoms with van der Waals surface area (Å²) in [6.07, 6.45) is 3.74. The molecule has 0 aliphatic carbocycles. The number of carboxylic acid groups (broad SMARTS) is 2. The number of hydrogen-bond acceptors (Lipinski definition) is 10. The van der Waals surface area contributed by atoms with Gasteiger partial charge in [-0.3, -0.25) is 28.8 Å². The number of aliphatic carboxylic acids is 2. The summed E-state index contributed by atoms with van der Waals surface area (Å²) in [5.74, 6) is -7.21. The van der Waals surface area contributed by atoms with Crippen molar-refractivity contribution >= 4 is 41.5 Å². The van der Waals surface area contributed by atoms with Gasteiger partial charge < -0.3 is 53.2 Å². The summed E-state index contributed by atoms with van der Waals surface area (Å²) < 4.78 is 0. The molecule has 18 heteroatoms. The molecule has 0 fully saturated rings. The quantitative estimate of drug-likeness (QED) is 0.0601. The van der Waals surface area contributed by atoms with E-state index in [2.05, 4.69) is 36.6 Å². The Balaban J connectivity index is 2.98. The molecule has 0 aromatic carbocycles. The van der Waals surface area contributed by atoms with Gasteiger partial charge in [-0.15, -0.1) is 0 Å². The zero-order valence-electron chi connectivity index (χ0n) is 28.1. The third kappa shape index (κ3) is 14.5. The molecule has 0 saturated heterocycles.